The number of nitrogens with two attached hydrogens (primary N) is 1. The lowest BCUT2D eigenvalue weighted by Gasteiger charge is -2.10. The Labute approximate surface area is 155 Å². The number of carbonyl (C=O) groups is 1. The van der Waals surface area contributed by atoms with Crippen molar-refractivity contribution in [1.82, 2.24) is 9.55 Å². The van der Waals surface area contributed by atoms with Crippen LogP contribution in [0.15, 0.2) is 28.1 Å². The molecular weight excluding hydrogens is 350 g/mol. The highest BCUT2D eigenvalue weighted by Gasteiger charge is 2.32. The minimum Gasteiger partial charge on any atom is -0.442 e. The number of hydrogen-bond acceptors (Lipinski definition) is 6. The number of primary amides is 1. The summed E-state index contributed by atoms with van der Waals surface area (Å²) in [5.41, 5.74) is 6.93. The van der Waals surface area contributed by atoms with Gasteiger partial charge < -0.3 is 15.0 Å². The van der Waals surface area contributed by atoms with Gasteiger partial charge in [0.1, 0.15) is 10.9 Å². The first-order chi connectivity index (χ1) is 12.5. The van der Waals surface area contributed by atoms with Crippen molar-refractivity contribution >= 4 is 17.9 Å². The first kappa shape index (κ1) is 17.8. The van der Waals surface area contributed by atoms with E-state index >= 15 is 0 Å². The highest BCUT2D eigenvalue weighted by Crippen LogP contribution is 2.45. The summed E-state index contributed by atoms with van der Waals surface area (Å²) in [6.45, 7) is 2.66. The summed E-state index contributed by atoms with van der Waals surface area (Å²) < 4.78 is 6.91. The number of imidazole rings is 1. The standard InChI is InChI=1S/C18H17N5O2S/c1-2-23-15(10-25-18(21)24)22-16(13-3-4-13)17(23)26-14-6-11(8-19)5-12(7-14)9-20/h5-7,13H,2-4,10H2,1H3,(H2,21,24). The molecule has 7 nitrogen and oxygen atoms in total. The highest BCUT2D eigenvalue weighted by molar-refractivity contribution is 7.99. The molecule has 1 saturated carbocycles. The molecule has 0 atom stereocenters. The Morgan fingerprint density at radius 1 is 1.35 bits per heavy atom. The number of carbonyl (C=O) groups excluding carboxylic acids is 1. The summed E-state index contributed by atoms with van der Waals surface area (Å²) in [5.74, 6) is 1.04. The molecule has 1 aliphatic carbocycles. The van der Waals surface area contributed by atoms with Crippen LogP contribution < -0.4 is 5.73 Å². The molecule has 0 spiro atoms. The van der Waals surface area contributed by atoms with Crippen LogP contribution in [0.25, 0.3) is 0 Å². The van der Waals surface area contributed by atoms with E-state index in [4.69, 9.17) is 10.5 Å². The fourth-order valence-electron chi connectivity index (χ4n) is 2.70. The molecule has 0 radical (unpaired) electrons. The van der Waals surface area contributed by atoms with Crippen molar-refractivity contribution in [2.24, 2.45) is 5.73 Å². The molecule has 2 N–H and O–H groups in total. The van der Waals surface area contributed by atoms with E-state index in [1.807, 2.05) is 11.5 Å². The maximum Gasteiger partial charge on any atom is 0.404 e. The fourth-order valence-corrected chi connectivity index (χ4v) is 3.96. The van der Waals surface area contributed by atoms with E-state index in [2.05, 4.69) is 17.1 Å². The number of aromatic nitrogens is 2. The van der Waals surface area contributed by atoms with Crippen molar-refractivity contribution in [1.29, 1.82) is 10.5 Å². The lowest BCUT2D eigenvalue weighted by molar-refractivity contribution is 0.145. The Balaban J connectivity index is 2.00. The van der Waals surface area contributed by atoms with Crippen LogP contribution in [0.1, 0.15) is 48.3 Å². The minimum absolute atomic E-state index is 0.0190. The molecule has 1 heterocycles. The lowest BCUT2D eigenvalue weighted by Crippen LogP contribution is -2.15. The Morgan fingerprint density at radius 3 is 2.50 bits per heavy atom. The fraction of sp³-hybridized carbons (Fsp3) is 0.333. The molecule has 132 valence electrons. The average Bonchev–Trinajstić information content (AvgIpc) is 3.42. The van der Waals surface area contributed by atoms with Crippen LogP contribution in [0.2, 0.25) is 0 Å². The second-order valence-corrected chi connectivity index (χ2v) is 6.98. The third-order valence-electron chi connectivity index (χ3n) is 4.03. The van der Waals surface area contributed by atoms with Crippen LogP contribution in [0.4, 0.5) is 4.79 Å². The van der Waals surface area contributed by atoms with E-state index in [9.17, 15) is 15.3 Å². The number of nitrogens with zero attached hydrogens (tertiary/aromatic N) is 4. The van der Waals surface area contributed by atoms with E-state index in [1.165, 1.54) is 11.8 Å². The summed E-state index contributed by atoms with van der Waals surface area (Å²) in [4.78, 5) is 16.4. The second kappa shape index (κ2) is 7.51. The first-order valence-corrected chi connectivity index (χ1v) is 9.02. The van der Waals surface area contributed by atoms with Crippen LogP contribution in [0, 0.1) is 22.7 Å². The third kappa shape index (κ3) is 3.81. The summed E-state index contributed by atoms with van der Waals surface area (Å²) in [6, 6.07) is 9.25. The number of hydrogen-bond donors (Lipinski definition) is 1. The molecule has 8 heteroatoms. The Bertz CT molecular complexity index is 902. The SMILES string of the molecule is CCn1c(COC(N)=O)nc(C2CC2)c1Sc1cc(C#N)cc(C#N)c1. The molecule has 1 amide bonds. The number of benzene rings is 1. The molecule has 0 saturated heterocycles. The molecule has 2 aromatic rings. The van der Waals surface area contributed by atoms with Gasteiger partial charge >= 0.3 is 6.09 Å². The number of rotatable bonds is 6. The van der Waals surface area contributed by atoms with Crippen molar-refractivity contribution in [3.8, 4) is 12.1 Å². The topological polar surface area (TPSA) is 118 Å². The van der Waals surface area contributed by atoms with Crippen LogP contribution >= 0.6 is 11.8 Å². The van der Waals surface area contributed by atoms with Crippen LogP contribution in [-0.4, -0.2) is 15.6 Å². The van der Waals surface area contributed by atoms with E-state index in [-0.39, 0.29) is 6.61 Å². The number of amides is 1. The normalized spacial score (nSPS) is 13.0. The first-order valence-electron chi connectivity index (χ1n) is 8.20. The molecular formula is C18H17N5O2S. The lowest BCUT2D eigenvalue weighted by atomic mass is 10.1. The quantitative estimate of drug-likeness (QED) is 0.837. The molecule has 1 aromatic carbocycles. The molecule has 0 aliphatic heterocycles. The Kier molecular flexibility index (Phi) is 5.15. The van der Waals surface area contributed by atoms with Crippen molar-refractivity contribution in [3.05, 3.63) is 40.8 Å². The van der Waals surface area contributed by atoms with Gasteiger partial charge in [0, 0.05) is 17.4 Å². The van der Waals surface area contributed by atoms with Gasteiger partial charge in [-0.25, -0.2) is 9.78 Å². The monoisotopic (exact) mass is 367 g/mol. The van der Waals surface area contributed by atoms with E-state index in [0.29, 0.717) is 29.4 Å². The molecule has 1 fully saturated rings. The van der Waals surface area contributed by atoms with Crippen molar-refractivity contribution in [2.75, 3.05) is 0 Å². The van der Waals surface area contributed by atoms with Crippen molar-refractivity contribution in [2.45, 2.75) is 48.8 Å². The zero-order valence-electron chi connectivity index (χ0n) is 14.2. The molecule has 0 bridgehead atoms. The van der Waals surface area contributed by atoms with E-state index < -0.39 is 6.09 Å². The summed E-state index contributed by atoms with van der Waals surface area (Å²) in [6.07, 6.45) is 1.32. The summed E-state index contributed by atoms with van der Waals surface area (Å²) >= 11 is 1.47. The smallest absolute Gasteiger partial charge is 0.404 e. The average molecular weight is 367 g/mol. The van der Waals surface area contributed by atoms with Crippen LogP contribution in [0.3, 0.4) is 0 Å². The van der Waals surface area contributed by atoms with Gasteiger partial charge in [-0.05, 0) is 38.0 Å². The van der Waals surface area contributed by atoms with E-state index in [1.54, 1.807) is 18.2 Å². The zero-order valence-corrected chi connectivity index (χ0v) is 15.0. The van der Waals surface area contributed by atoms with Gasteiger partial charge in [0.05, 0.1) is 29.0 Å². The maximum absolute atomic E-state index is 10.9. The van der Waals surface area contributed by atoms with Gasteiger partial charge in [0.15, 0.2) is 6.61 Å². The predicted octanol–water partition coefficient (Wildman–Crippen LogP) is 3.27. The number of ether oxygens (including phenoxy) is 1. The van der Waals surface area contributed by atoms with Gasteiger partial charge in [-0.3, -0.25) is 0 Å². The van der Waals surface area contributed by atoms with Crippen LogP contribution in [0.5, 0.6) is 0 Å². The zero-order chi connectivity index (χ0) is 18.7. The molecule has 1 aliphatic rings. The minimum atomic E-state index is -0.835. The number of nitriles is 2. The van der Waals surface area contributed by atoms with Gasteiger partial charge in [0.25, 0.3) is 0 Å². The van der Waals surface area contributed by atoms with Gasteiger partial charge in [-0.15, -0.1) is 0 Å². The molecule has 1 aromatic heterocycles. The third-order valence-corrected chi connectivity index (χ3v) is 5.12. The maximum atomic E-state index is 10.9. The summed E-state index contributed by atoms with van der Waals surface area (Å²) in [5, 5.41) is 19.3. The highest BCUT2D eigenvalue weighted by atomic mass is 32.2. The largest absolute Gasteiger partial charge is 0.442 e. The van der Waals surface area contributed by atoms with Crippen molar-refractivity contribution < 1.29 is 9.53 Å². The molecule has 3 rings (SSSR count). The molecule has 0 unspecified atom stereocenters. The van der Waals surface area contributed by atoms with Crippen molar-refractivity contribution in [3.63, 3.8) is 0 Å². The second-order valence-electron chi connectivity index (χ2n) is 5.92. The predicted molar refractivity (Wildman–Crippen MR) is 94.2 cm³/mol. The Morgan fingerprint density at radius 2 is 2.00 bits per heavy atom. The Hall–Kier alpha value is -2.97. The molecule has 26 heavy (non-hydrogen) atoms. The van der Waals surface area contributed by atoms with E-state index in [0.717, 1.165) is 28.5 Å². The van der Waals surface area contributed by atoms with Crippen LogP contribution in [-0.2, 0) is 17.9 Å². The van der Waals surface area contributed by atoms with Gasteiger partial charge in [-0.2, -0.15) is 10.5 Å². The van der Waals surface area contributed by atoms with Gasteiger partial charge in [0.2, 0.25) is 0 Å². The summed E-state index contributed by atoms with van der Waals surface area (Å²) in [7, 11) is 0. The van der Waals surface area contributed by atoms with Gasteiger partial charge in [-0.1, -0.05) is 11.8 Å².